The molecule has 0 aliphatic carbocycles. The van der Waals surface area contributed by atoms with Gasteiger partial charge in [0.1, 0.15) is 6.04 Å². The van der Waals surface area contributed by atoms with Crippen LogP contribution in [-0.4, -0.2) is 54.7 Å². The molecule has 0 saturated carbocycles. The van der Waals surface area contributed by atoms with Gasteiger partial charge in [0.2, 0.25) is 0 Å². The topological polar surface area (TPSA) is 81.7 Å². The number of nitrogens with zero attached hydrogens (tertiary/aromatic N) is 1. The molecule has 1 rings (SSSR count). The predicted octanol–water partition coefficient (Wildman–Crippen LogP) is 1.27. The average Bonchev–Trinajstić information content (AvgIpc) is 2.40. The van der Waals surface area contributed by atoms with Crippen molar-refractivity contribution < 1.29 is 14.7 Å². The van der Waals surface area contributed by atoms with Crippen molar-refractivity contribution in [2.75, 3.05) is 26.7 Å². The fraction of sp³-hybridized carbons (Fsp3) is 0.857. The number of carbonyl (C=O) groups is 2. The number of nitrogens with one attached hydrogen (secondary N) is 2. The third-order valence-corrected chi connectivity index (χ3v) is 4.05. The van der Waals surface area contributed by atoms with E-state index in [4.69, 9.17) is 5.11 Å². The van der Waals surface area contributed by atoms with E-state index in [1.807, 2.05) is 6.92 Å². The SMILES string of the molecule is CCC[C@H](NC(=O)NCC1(C)CCN(C)CC1)C(=O)O. The Morgan fingerprint density at radius 1 is 1.35 bits per heavy atom. The van der Waals surface area contributed by atoms with Crippen LogP contribution >= 0.6 is 0 Å². The van der Waals surface area contributed by atoms with Gasteiger partial charge in [0.25, 0.3) is 0 Å². The molecule has 1 aliphatic rings. The second kappa shape index (κ2) is 7.47. The van der Waals surface area contributed by atoms with Crippen LogP contribution in [0.2, 0.25) is 0 Å². The second-order valence-corrected chi connectivity index (χ2v) is 6.12. The van der Waals surface area contributed by atoms with Gasteiger partial charge in [0, 0.05) is 6.54 Å². The molecule has 3 N–H and O–H groups in total. The van der Waals surface area contributed by atoms with Crippen LogP contribution < -0.4 is 10.6 Å². The smallest absolute Gasteiger partial charge is 0.326 e. The Kier molecular flexibility index (Phi) is 6.26. The van der Waals surface area contributed by atoms with E-state index in [1.54, 1.807) is 0 Å². The van der Waals surface area contributed by atoms with Crippen LogP contribution in [0.25, 0.3) is 0 Å². The van der Waals surface area contributed by atoms with E-state index < -0.39 is 12.0 Å². The van der Waals surface area contributed by atoms with Crippen molar-refractivity contribution >= 4 is 12.0 Å². The number of rotatable bonds is 6. The molecular weight excluding hydrogens is 258 g/mol. The average molecular weight is 285 g/mol. The van der Waals surface area contributed by atoms with E-state index in [0.29, 0.717) is 13.0 Å². The highest BCUT2D eigenvalue weighted by molar-refractivity contribution is 5.82. The first-order chi connectivity index (χ1) is 9.36. The molecule has 1 heterocycles. The predicted molar refractivity (Wildman–Crippen MR) is 77.7 cm³/mol. The van der Waals surface area contributed by atoms with Crippen molar-refractivity contribution in [3.8, 4) is 0 Å². The molecular formula is C14H27N3O3. The minimum Gasteiger partial charge on any atom is -0.480 e. The van der Waals surface area contributed by atoms with Gasteiger partial charge in [0.15, 0.2) is 0 Å². The van der Waals surface area contributed by atoms with E-state index in [0.717, 1.165) is 32.4 Å². The zero-order chi connectivity index (χ0) is 15.2. The Hall–Kier alpha value is -1.30. The first kappa shape index (κ1) is 16.8. The second-order valence-electron chi connectivity index (χ2n) is 6.12. The lowest BCUT2D eigenvalue weighted by molar-refractivity contribution is -0.139. The van der Waals surface area contributed by atoms with E-state index in [-0.39, 0.29) is 11.4 Å². The van der Waals surface area contributed by atoms with Crippen molar-refractivity contribution in [3.05, 3.63) is 0 Å². The number of hydrogen-bond donors (Lipinski definition) is 3. The fourth-order valence-electron chi connectivity index (χ4n) is 2.38. The van der Waals surface area contributed by atoms with E-state index >= 15 is 0 Å². The maximum Gasteiger partial charge on any atom is 0.326 e. The Morgan fingerprint density at radius 3 is 2.45 bits per heavy atom. The van der Waals surface area contributed by atoms with Gasteiger partial charge < -0.3 is 20.6 Å². The lowest BCUT2D eigenvalue weighted by Crippen LogP contribution is -2.50. The Labute approximate surface area is 120 Å². The number of urea groups is 1. The van der Waals surface area contributed by atoms with Crippen molar-refractivity contribution in [3.63, 3.8) is 0 Å². The number of piperidine rings is 1. The van der Waals surface area contributed by atoms with Gasteiger partial charge in [-0.1, -0.05) is 20.3 Å². The number of amides is 2. The molecule has 0 aromatic heterocycles. The van der Waals surface area contributed by atoms with Crippen LogP contribution in [0.1, 0.15) is 39.5 Å². The van der Waals surface area contributed by atoms with Crippen LogP contribution in [0.4, 0.5) is 4.79 Å². The Bertz CT molecular complexity index is 339. The quantitative estimate of drug-likeness (QED) is 0.686. The van der Waals surface area contributed by atoms with Crippen LogP contribution in [0, 0.1) is 5.41 Å². The highest BCUT2D eigenvalue weighted by atomic mass is 16.4. The molecule has 2 amide bonds. The van der Waals surface area contributed by atoms with Gasteiger partial charge in [-0.25, -0.2) is 9.59 Å². The number of hydrogen-bond acceptors (Lipinski definition) is 3. The molecule has 0 aromatic carbocycles. The number of aliphatic carboxylic acids is 1. The normalized spacial score (nSPS) is 20.1. The Morgan fingerprint density at radius 2 is 1.95 bits per heavy atom. The summed E-state index contributed by atoms with van der Waals surface area (Å²) in [6.45, 7) is 6.72. The summed E-state index contributed by atoms with van der Waals surface area (Å²) in [4.78, 5) is 25.0. The number of carboxylic acid groups (broad SMARTS) is 1. The molecule has 116 valence electrons. The lowest BCUT2D eigenvalue weighted by Gasteiger charge is -2.38. The molecule has 1 saturated heterocycles. The number of carboxylic acids is 1. The Balaban J connectivity index is 2.37. The van der Waals surface area contributed by atoms with Crippen LogP contribution in [0.5, 0.6) is 0 Å². The number of likely N-dealkylation sites (tertiary alicyclic amines) is 1. The molecule has 6 heteroatoms. The van der Waals surface area contributed by atoms with E-state index in [2.05, 4.69) is 29.5 Å². The third kappa shape index (κ3) is 5.36. The first-order valence-electron chi connectivity index (χ1n) is 7.32. The maximum absolute atomic E-state index is 11.8. The van der Waals surface area contributed by atoms with Crippen molar-refractivity contribution in [2.45, 2.75) is 45.6 Å². The summed E-state index contributed by atoms with van der Waals surface area (Å²) in [6, 6.07) is -1.18. The van der Waals surface area contributed by atoms with E-state index in [1.165, 1.54) is 0 Å². The largest absolute Gasteiger partial charge is 0.480 e. The van der Waals surface area contributed by atoms with Gasteiger partial charge in [-0.2, -0.15) is 0 Å². The van der Waals surface area contributed by atoms with Crippen LogP contribution in [0.3, 0.4) is 0 Å². The standard InChI is InChI=1S/C14H27N3O3/c1-4-5-11(12(18)19)16-13(20)15-10-14(2)6-8-17(3)9-7-14/h11H,4-10H2,1-3H3,(H,18,19)(H2,15,16,20)/t11-/m0/s1. The van der Waals surface area contributed by atoms with Crippen molar-refractivity contribution in [1.82, 2.24) is 15.5 Å². The third-order valence-electron chi connectivity index (χ3n) is 4.05. The van der Waals surface area contributed by atoms with Crippen LogP contribution in [0.15, 0.2) is 0 Å². The van der Waals surface area contributed by atoms with Crippen molar-refractivity contribution in [1.29, 1.82) is 0 Å². The van der Waals surface area contributed by atoms with Gasteiger partial charge in [-0.05, 0) is 44.8 Å². The van der Waals surface area contributed by atoms with Crippen LogP contribution in [-0.2, 0) is 4.79 Å². The van der Waals surface area contributed by atoms with Crippen molar-refractivity contribution in [2.24, 2.45) is 5.41 Å². The summed E-state index contributed by atoms with van der Waals surface area (Å²) in [7, 11) is 2.10. The van der Waals surface area contributed by atoms with Gasteiger partial charge >= 0.3 is 12.0 Å². The summed E-state index contributed by atoms with van der Waals surface area (Å²) in [5, 5.41) is 14.3. The van der Waals surface area contributed by atoms with E-state index in [9.17, 15) is 9.59 Å². The molecule has 0 spiro atoms. The zero-order valence-electron chi connectivity index (χ0n) is 12.7. The molecule has 1 aliphatic heterocycles. The molecule has 0 bridgehead atoms. The molecule has 0 radical (unpaired) electrons. The van der Waals surface area contributed by atoms with Gasteiger partial charge in [-0.15, -0.1) is 0 Å². The first-order valence-corrected chi connectivity index (χ1v) is 7.32. The van der Waals surface area contributed by atoms with Gasteiger partial charge in [-0.3, -0.25) is 0 Å². The summed E-state index contributed by atoms with van der Waals surface area (Å²) >= 11 is 0. The molecule has 20 heavy (non-hydrogen) atoms. The molecule has 6 nitrogen and oxygen atoms in total. The maximum atomic E-state index is 11.8. The molecule has 0 unspecified atom stereocenters. The highest BCUT2D eigenvalue weighted by Gasteiger charge is 2.29. The minimum atomic E-state index is -0.979. The summed E-state index contributed by atoms with van der Waals surface area (Å²) in [5.41, 5.74) is 0.104. The summed E-state index contributed by atoms with van der Waals surface area (Å²) in [5.74, 6) is -0.979. The minimum absolute atomic E-state index is 0.104. The van der Waals surface area contributed by atoms with Gasteiger partial charge in [0.05, 0.1) is 0 Å². The molecule has 1 fully saturated rings. The molecule has 1 atom stereocenters. The fourth-order valence-corrected chi connectivity index (χ4v) is 2.38. The zero-order valence-corrected chi connectivity index (χ0v) is 12.7. The highest BCUT2D eigenvalue weighted by Crippen LogP contribution is 2.29. The lowest BCUT2D eigenvalue weighted by atomic mass is 9.80. The summed E-state index contributed by atoms with van der Waals surface area (Å²) in [6.07, 6.45) is 3.26. The molecule has 0 aromatic rings. The monoisotopic (exact) mass is 285 g/mol. The number of carbonyl (C=O) groups excluding carboxylic acids is 1. The summed E-state index contributed by atoms with van der Waals surface area (Å²) < 4.78 is 0.